The smallest absolute Gasteiger partial charge is 0.321 e. The Hall–Kier alpha value is -1.46. The van der Waals surface area contributed by atoms with Gasteiger partial charge < -0.3 is 4.74 Å². The number of benzene rings is 1. The molecule has 0 unspecified atom stereocenters. The quantitative estimate of drug-likeness (QED) is 0.862. The lowest BCUT2D eigenvalue weighted by Crippen LogP contribution is -2.03. The molecule has 2 rings (SSSR count). The Bertz CT molecular complexity index is 595. The van der Waals surface area contributed by atoms with Crippen molar-refractivity contribution in [3.63, 3.8) is 0 Å². The molecule has 0 N–H and O–H groups in total. The van der Waals surface area contributed by atoms with E-state index < -0.39 is 5.82 Å². The van der Waals surface area contributed by atoms with Crippen LogP contribution in [0.3, 0.4) is 0 Å². The van der Waals surface area contributed by atoms with E-state index in [1.807, 2.05) is 6.92 Å². The first-order valence-electron chi connectivity index (χ1n) is 5.60. The molecule has 0 atom stereocenters. The first-order valence-corrected chi connectivity index (χ1v) is 6.35. The van der Waals surface area contributed by atoms with E-state index in [4.69, 9.17) is 27.9 Å². The Labute approximate surface area is 119 Å². The Morgan fingerprint density at radius 3 is 2.68 bits per heavy atom. The largest absolute Gasteiger partial charge is 0.463 e. The zero-order chi connectivity index (χ0) is 13.8. The molecule has 0 saturated carbocycles. The van der Waals surface area contributed by atoms with Gasteiger partial charge in [0.1, 0.15) is 5.82 Å². The predicted molar refractivity (Wildman–Crippen MR) is 71.0 cm³/mol. The highest BCUT2D eigenvalue weighted by molar-refractivity contribution is 6.33. The van der Waals surface area contributed by atoms with E-state index >= 15 is 0 Å². The molecule has 0 bridgehead atoms. The van der Waals surface area contributed by atoms with Crippen molar-refractivity contribution in [2.45, 2.75) is 13.3 Å². The van der Waals surface area contributed by atoms with E-state index in [2.05, 4.69) is 15.0 Å². The summed E-state index contributed by atoms with van der Waals surface area (Å²) in [5.74, 6) is -0.188. The van der Waals surface area contributed by atoms with Gasteiger partial charge in [0, 0.05) is 5.56 Å². The van der Waals surface area contributed by atoms with Crippen LogP contribution in [0.4, 0.5) is 4.39 Å². The lowest BCUT2D eigenvalue weighted by Gasteiger charge is -2.06. The molecule has 1 heterocycles. The standard InChI is InChI=1S/C12H10Cl2FN3O/c1-2-5-19-12-17-10(16-11(14)18-12)8-4-3-7(15)6-9(8)13/h3-4,6H,2,5H2,1H3. The maximum Gasteiger partial charge on any atom is 0.321 e. The van der Waals surface area contributed by atoms with Crippen LogP contribution in [0.1, 0.15) is 13.3 Å². The molecule has 0 radical (unpaired) electrons. The number of hydrogen-bond donors (Lipinski definition) is 0. The second-order valence-electron chi connectivity index (χ2n) is 3.68. The van der Waals surface area contributed by atoms with Gasteiger partial charge in [-0.05, 0) is 36.2 Å². The molecule has 0 aliphatic rings. The third-order valence-corrected chi connectivity index (χ3v) is 2.68. The third kappa shape index (κ3) is 3.52. The molecule has 0 fully saturated rings. The maximum atomic E-state index is 13.0. The van der Waals surface area contributed by atoms with E-state index in [0.717, 1.165) is 6.42 Å². The van der Waals surface area contributed by atoms with Crippen molar-refractivity contribution < 1.29 is 9.13 Å². The van der Waals surface area contributed by atoms with Crippen LogP contribution in [0, 0.1) is 5.82 Å². The molecular weight excluding hydrogens is 292 g/mol. The summed E-state index contributed by atoms with van der Waals surface area (Å²) in [7, 11) is 0. The summed E-state index contributed by atoms with van der Waals surface area (Å²) in [5.41, 5.74) is 0.466. The monoisotopic (exact) mass is 301 g/mol. The summed E-state index contributed by atoms with van der Waals surface area (Å²) >= 11 is 11.8. The van der Waals surface area contributed by atoms with Crippen molar-refractivity contribution in [2.24, 2.45) is 0 Å². The second kappa shape index (κ2) is 6.12. The highest BCUT2D eigenvalue weighted by atomic mass is 35.5. The number of rotatable bonds is 4. The lowest BCUT2D eigenvalue weighted by atomic mass is 10.2. The molecule has 0 amide bonds. The van der Waals surface area contributed by atoms with Gasteiger partial charge in [0.2, 0.25) is 5.28 Å². The van der Waals surface area contributed by atoms with Gasteiger partial charge in [-0.15, -0.1) is 0 Å². The SMILES string of the molecule is CCCOc1nc(Cl)nc(-c2ccc(F)cc2Cl)n1. The predicted octanol–water partition coefficient (Wildman–Crippen LogP) is 3.77. The average molecular weight is 302 g/mol. The molecule has 4 nitrogen and oxygen atoms in total. The van der Waals surface area contributed by atoms with Crippen LogP contribution in [0.25, 0.3) is 11.4 Å². The van der Waals surface area contributed by atoms with Crippen LogP contribution >= 0.6 is 23.2 Å². The van der Waals surface area contributed by atoms with Gasteiger partial charge in [0.05, 0.1) is 11.6 Å². The summed E-state index contributed by atoms with van der Waals surface area (Å²) in [6, 6.07) is 4.05. The topological polar surface area (TPSA) is 47.9 Å². The zero-order valence-electron chi connectivity index (χ0n) is 10.0. The van der Waals surface area contributed by atoms with Crippen LogP contribution in [-0.2, 0) is 0 Å². The Balaban J connectivity index is 2.41. The molecular formula is C12H10Cl2FN3O. The number of halogens is 3. The van der Waals surface area contributed by atoms with E-state index in [1.165, 1.54) is 18.2 Å². The highest BCUT2D eigenvalue weighted by Gasteiger charge is 2.12. The minimum absolute atomic E-state index is 0.00325. The van der Waals surface area contributed by atoms with Crippen molar-refractivity contribution in [2.75, 3.05) is 6.61 Å². The van der Waals surface area contributed by atoms with Crippen molar-refractivity contribution in [1.29, 1.82) is 0 Å². The first-order chi connectivity index (χ1) is 9.10. The Morgan fingerprint density at radius 1 is 1.21 bits per heavy atom. The second-order valence-corrected chi connectivity index (χ2v) is 4.43. The van der Waals surface area contributed by atoms with Crippen molar-refractivity contribution in [1.82, 2.24) is 15.0 Å². The van der Waals surface area contributed by atoms with Gasteiger partial charge >= 0.3 is 6.01 Å². The van der Waals surface area contributed by atoms with Gasteiger partial charge in [-0.25, -0.2) is 4.39 Å². The Kier molecular flexibility index (Phi) is 4.50. The molecule has 100 valence electrons. The molecule has 2 aromatic rings. The van der Waals surface area contributed by atoms with Gasteiger partial charge in [0.25, 0.3) is 0 Å². The fourth-order valence-corrected chi connectivity index (χ4v) is 1.79. The minimum atomic E-state index is -0.434. The van der Waals surface area contributed by atoms with Gasteiger partial charge in [-0.2, -0.15) is 15.0 Å². The first kappa shape index (κ1) is 14.0. The summed E-state index contributed by atoms with van der Waals surface area (Å²) in [5, 5.41) is 0.195. The van der Waals surface area contributed by atoms with Crippen molar-refractivity contribution in [3.8, 4) is 17.4 Å². The summed E-state index contributed by atoms with van der Waals surface area (Å²) < 4.78 is 18.3. The molecule has 0 aliphatic carbocycles. The fraction of sp³-hybridized carbons (Fsp3) is 0.250. The molecule has 19 heavy (non-hydrogen) atoms. The molecule has 1 aromatic heterocycles. The lowest BCUT2D eigenvalue weighted by molar-refractivity contribution is 0.291. The van der Waals surface area contributed by atoms with E-state index in [1.54, 1.807) is 0 Å². The molecule has 0 saturated heterocycles. The van der Waals surface area contributed by atoms with Crippen molar-refractivity contribution >= 4 is 23.2 Å². The van der Waals surface area contributed by atoms with Gasteiger partial charge in [-0.1, -0.05) is 18.5 Å². The van der Waals surface area contributed by atoms with Gasteiger partial charge in [-0.3, -0.25) is 0 Å². The Morgan fingerprint density at radius 2 is 2.00 bits per heavy atom. The molecule has 0 aliphatic heterocycles. The molecule has 7 heteroatoms. The average Bonchev–Trinajstić information content (AvgIpc) is 2.35. The highest BCUT2D eigenvalue weighted by Crippen LogP contribution is 2.27. The summed E-state index contributed by atoms with van der Waals surface area (Å²) in [6.45, 7) is 2.43. The zero-order valence-corrected chi connectivity index (χ0v) is 11.5. The van der Waals surface area contributed by atoms with Crippen LogP contribution in [-0.4, -0.2) is 21.6 Å². The van der Waals surface area contributed by atoms with E-state index in [0.29, 0.717) is 12.2 Å². The van der Waals surface area contributed by atoms with Crippen LogP contribution in [0.15, 0.2) is 18.2 Å². The van der Waals surface area contributed by atoms with Crippen LogP contribution in [0.5, 0.6) is 6.01 Å². The fourth-order valence-electron chi connectivity index (χ4n) is 1.38. The van der Waals surface area contributed by atoms with Crippen molar-refractivity contribution in [3.05, 3.63) is 34.3 Å². The maximum absolute atomic E-state index is 13.0. The molecule has 1 aromatic carbocycles. The summed E-state index contributed by atoms with van der Waals surface area (Å²) in [6.07, 6.45) is 0.815. The molecule has 0 spiro atoms. The number of ether oxygens (including phenoxy) is 1. The normalized spacial score (nSPS) is 10.5. The number of hydrogen-bond acceptors (Lipinski definition) is 4. The number of aromatic nitrogens is 3. The number of nitrogens with zero attached hydrogens (tertiary/aromatic N) is 3. The van der Waals surface area contributed by atoms with E-state index in [9.17, 15) is 4.39 Å². The minimum Gasteiger partial charge on any atom is -0.463 e. The third-order valence-electron chi connectivity index (χ3n) is 2.19. The van der Waals surface area contributed by atoms with E-state index in [-0.39, 0.29) is 22.1 Å². The van der Waals surface area contributed by atoms with Gasteiger partial charge in [0.15, 0.2) is 5.82 Å². The summed E-state index contributed by atoms with van der Waals surface area (Å²) in [4.78, 5) is 11.9. The van der Waals surface area contributed by atoms with Crippen LogP contribution < -0.4 is 4.74 Å². The van der Waals surface area contributed by atoms with Crippen LogP contribution in [0.2, 0.25) is 10.3 Å².